The van der Waals surface area contributed by atoms with Crippen LogP contribution >= 0.6 is 11.8 Å². The van der Waals surface area contributed by atoms with Crippen molar-refractivity contribution in [1.29, 1.82) is 0 Å². The Balaban J connectivity index is 1.07. The molecule has 384 valence electrons. The summed E-state index contributed by atoms with van der Waals surface area (Å²) in [4.78, 5) is 117. The van der Waals surface area contributed by atoms with E-state index in [0.717, 1.165) is 36.0 Å². The van der Waals surface area contributed by atoms with Gasteiger partial charge in [-0.3, -0.25) is 33.6 Å². The van der Waals surface area contributed by atoms with Gasteiger partial charge in [-0.2, -0.15) is 5.48 Å². The van der Waals surface area contributed by atoms with Crippen molar-refractivity contribution >= 4 is 59.7 Å². The number of carbonyl (C=O) groups excluding carboxylic acids is 8. The molecule has 5 amide bonds. The Morgan fingerprint density at radius 2 is 1.31 bits per heavy atom. The van der Waals surface area contributed by atoms with E-state index < -0.39 is 75.8 Å². The number of piperazine rings is 1. The molecule has 2 N–H and O–H groups in total. The Morgan fingerprint density at radius 1 is 0.730 bits per heavy atom. The molecule has 19 nitrogen and oxygen atoms in total. The number of aliphatic hydroxyl groups is 1. The number of hydrogen-bond acceptors (Lipinski definition) is 15. The van der Waals surface area contributed by atoms with Gasteiger partial charge in [0.1, 0.15) is 13.2 Å². The SMILES string of the molecule is CC(=O)Oc1ccc(C(C(=O)NOC(=O)[C@]2(Cc3ccccc3)N3C(=O)[C@@H](CO)[C@H]3SC2(C)C)N(C=O)N2CCN(Cc3ccc(OCc4ccccc4)c(OCc4ccccc4)c3)C(=O)C2=O)cc1OC(C)=O. The number of nitrogens with zero attached hydrogens (tertiary/aromatic N) is 4. The fourth-order valence-electron chi connectivity index (χ4n) is 9.22. The molecule has 3 aliphatic heterocycles. The molecule has 0 saturated carbocycles. The molecule has 3 saturated heterocycles. The Hall–Kier alpha value is -8.23. The molecule has 0 aliphatic carbocycles. The number of hydrazine groups is 1. The standard InChI is InChI=1S/C54H53N5O14S/c1-34(62)71-43-23-21-40(27-45(43)72-35(2)63)46(47(64)55-73-52(68)54(28-36-14-8-5-9-15-36)53(3,4)74-51-41(30-60)48(65)59(51)54)58(33-61)57-25-24-56(49(66)50(57)67)29-39-20-22-42(69-31-37-16-10-6-11-17-37)44(26-39)70-32-38-18-12-7-13-19-38/h5-23,26-27,33,41,46,51,60H,24-25,28-32H2,1-4H3,(H,55,64)/t41-,46?,51-,54+/m1/s1. The van der Waals surface area contributed by atoms with E-state index in [1.807, 2.05) is 60.7 Å². The predicted molar refractivity (Wildman–Crippen MR) is 265 cm³/mol. The highest BCUT2D eigenvalue weighted by molar-refractivity contribution is 8.01. The molecule has 8 rings (SSSR count). The number of amides is 5. The third-order valence-electron chi connectivity index (χ3n) is 12.9. The molecule has 4 atom stereocenters. The molecule has 1 unspecified atom stereocenters. The Morgan fingerprint density at radius 3 is 1.91 bits per heavy atom. The van der Waals surface area contributed by atoms with E-state index in [0.29, 0.717) is 27.6 Å². The maximum atomic E-state index is 14.7. The van der Waals surface area contributed by atoms with Gasteiger partial charge >= 0.3 is 29.7 Å². The summed E-state index contributed by atoms with van der Waals surface area (Å²) in [6.45, 7) is 5.17. The van der Waals surface area contributed by atoms with Crippen molar-refractivity contribution in [2.24, 2.45) is 5.92 Å². The molecular weight excluding hydrogens is 975 g/mol. The van der Waals surface area contributed by atoms with E-state index in [2.05, 4.69) is 5.48 Å². The van der Waals surface area contributed by atoms with Gasteiger partial charge in [-0.1, -0.05) is 103 Å². The van der Waals surface area contributed by atoms with E-state index >= 15 is 0 Å². The van der Waals surface area contributed by atoms with Gasteiger partial charge in [0.05, 0.1) is 24.4 Å². The highest BCUT2D eigenvalue weighted by Gasteiger charge is 2.73. The van der Waals surface area contributed by atoms with Crippen LogP contribution in [0.5, 0.6) is 23.0 Å². The van der Waals surface area contributed by atoms with Gasteiger partial charge in [0, 0.05) is 38.1 Å². The van der Waals surface area contributed by atoms with Crippen LogP contribution < -0.4 is 24.4 Å². The van der Waals surface area contributed by atoms with Crippen LogP contribution in [0.25, 0.3) is 0 Å². The summed E-state index contributed by atoms with van der Waals surface area (Å²) in [5.41, 5.74) is 3.33. The Kier molecular flexibility index (Phi) is 15.7. The van der Waals surface area contributed by atoms with Gasteiger partial charge in [0.15, 0.2) is 34.6 Å². The van der Waals surface area contributed by atoms with Gasteiger partial charge < -0.3 is 38.7 Å². The monoisotopic (exact) mass is 1030 g/mol. The zero-order chi connectivity index (χ0) is 52.7. The number of ether oxygens (including phenoxy) is 4. The van der Waals surface area contributed by atoms with Crippen molar-refractivity contribution < 1.29 is 67.2 Å². The number of benzene rings is 5. The quantitative estimate of drug-likeness (QED) is 0.0282. The minimum atomic E-state index is -1.94. The first-order chi connectivity index (χ1) is 35.5. The molecule has 0 spiro atoms. The van der Waals surface area contributed by atoms with Gasteiger partial charge in [0.2, 0.25) is 12.3 Å². The van der Waals surface area contributed by atoms with Gasteiger partial charge in [-0.05, 0) is 65.9 Å². The highest BCUT2D eigenvalue weighted by atomic mass is 32.2. The van der Waals surface area contributed by atoms with Crippen molar-refractivity contribution in [3.63, 3.8) is 0 Å². The molecule has 5 aromatic rings. The van der Waals surface area contributed by atoms with Crippen LogP contribution in [0.15, 0.2) is 127 Å². The number of nitrogens with one attached hydrogen (secondary N) is 1. The lowest BCUT2D eigenvalue weighted by atomic mass is 9.75. The first kappa shape index (κ1) is 52.1. The topological polar surface area (TPSA) is 228 Å². The van der Waals surface area contributed by atoms with Crippen LogP contribution in [0.4, 0.5) is 0 Å². The lowest BCUT2D eigenvalue weighted by Gasteiger charge is -2.50. The van der Waals surface area contributed by atoms with Crippen LogP contribution in [0.2, 0.25) is 0 Å². The molecule has 3 heterocycles. The fraction of sp³-hybridized carbons (Fsp3) is 0.296. The van der Waals surface area contributed by atoms with E-state index in [4.69, 9.17) is 23.8 Å². The van der Waals surface area contributed by atoms with Crippen LogP contribution in [-0.2, 0) is 69.4 Å². The number of aliphatic hydroxyl groups excluding tert-OH is 1. The zero-order valence-electron chi connectivity index (χ0n) is 40.8. The number of fused-ring (bicyclic) bond motifs is 1. The first-order valence-corrected chi connectivity index (χ1v) is 24.4. The number of β-lactam (4-membered cyclic amide) rings is 1. The second kappa shape index (κ2) is 22.3. The van der Waals surface area contributed by atoms with Crippen molar-refractivity contribution in [1.82, 2.24) is 25.3 Å². The fourth-order valence-corrected chi connectivity index (χ4v) is 11.0. The van der Waals surface area contributed by atoms with E-state index in [9.17, 15) is 43.5 Å². The molecule has 0 radical (unpaired) electrons. The second-order valence-corrected chi connectivity index (χ2v) is 19.9. The zero-order valence-corrected chi connectivity index (χ0v) is 41.7. The first-order valence-electron chi connectivity index (χ1n) is 23.5. The smallest absolute Gasteiger partial charge is 0.359 e. The minimum absolute atomic E-state index is 0.0503. The van der Waals surface area contributed by atoms with Crippen LogP contribution in [0, 0.1) is 5.92 Å². The maximum absolute atomic E-state index is 14.7. The number of hydrogen-bond donors (Lipinski definition) is 2. The minimum Gasteiger partial charge on any atom is -0.485 e. The number of rotatable bonds is 19. The number of carbonyl (C=O) groups is 8. The highest BCUT2D eigenvalue weighted by Crippen LogP contribution is 2.60. The molecule has 3 aliphatic rings. The van der Waals surface area contributed by atoms with Crippen LogP contribution in [0.3, 0.4) is 0 Å². The van der Waals surface area contributed by atoms with Gasteiger partial charge in [-0.25, -0.2) is 14.8 Å². The molecule has 0 aromatic heterocycles. The van der Waals surface area contributed by atoms with Crippen molar-refractivity contribution in [3.05, 3.63) is 155 Å². The van der Waals surface area contributed by atoms with Crippen molar-refractivity contribution in [2.75, 3.05) is 19.7 Å². The normalized spacial score (nSPS) is 19.1. The summed E-state index contributed by atoms with van der Waals surface area (Å²) in [6, 6.07) is 34.7. The number of esters is 2. The summed E-state index contributed by atoms with van der Waals surface area (Å²) in [5.74, 6) is -7.16. The molecule has 20 heteroatoms. The largest absolute Gasteiger partial charge is 0.485 e. The second-order valence-electron chi connectivity index (χ2n) is 18.2. The average molecular weight is 1030 g/mol. The van der Waals surface area contributed by atoms with E-state index in [-0.39, 0.29) is 62.7 Å². The third kappa shape index (κ3) is 10.8. The molecule has 74 heavy (non-hydrogen) atoms. The lowest BCUT2D eigenvalue weighted by molar-refractivity contribution is -0.188. The lowest BCUT2D eigenvalue weighted by Crippen LogP contribution is -2.72. The molecule has 3 fully saturated rings. The van der Waals surface area contributed by atoms with E-state index in [1.54, 1.807) is 62.4 Å². The van der Waals surface area contributed by atoms with Crippen LogP contribution in [-0.4, -0.2) is 108 Å². The van der Waals surface area contributed by atoms with Crippen molar-refractivity contribution in [3.8, 4) is 23.0 Å². The average Bonchev–Trinajstić information content (AvgIpc) is 3.59. The molecule has 0 bridgehead atoms. The molecular formula is C54H53N5O14S. The Labute approximate surface area is 430 Å². The summed E-state index contributed by atoms with van der Waals surface area (Å²) < 4.78 is 21.9. The molecule has 5 aromatic carbocycles. The number of hydroxylamine groups is 1. The van der Waals surface area contributed by atoms with Gasteiger partial charge in [-0.15, -0.1) is 11.8 Å². The number of thioether (sulfide) groups is 1. The third-order valence-corrected chi connectivity index (χ3v) is 14.6. The maximum Gasteiger partial charge on any atom is 0.359 e. The van der Waals surface area contributed by atoms with Crippen molar-refractivity contribution in [2.45, 2.75) is 75.6 Å². The van der Waals surface area contributed by atoms with Crippen LogP contribution in [0.1, 0.15) is 61.6 Å². The summed E-state index contributed by atoms with van der Waals surface area (Å²) >= 11 is 1.30. The predicted octanol–water partition coefficient (Wildman–Crippen LogP) is 4.84. The Bertz CT molecular complexity index is 2940. The summed E-state index contributed by atoms with van der Waals surface area (Å²) in [6.07, 6.45) is 0.0835. The van der Waals surface area contributed by atoms with Gasteiger partial charge in [0.25, 0.3) is 5.91 Å². The summed E-state index contributed by atoms with van der Waals surface area (Å²) in [7, 11) is 0. The van der Waals surface area contributed by atoms with E-state index in [1.165, 1.54) is 33.7 Å². The summed E-state index contributed by atoms with van der Waals surface area (Å²) in [5, 5.41) is 10.9.